The molecule has 0 saturated heterocycles. The molecule has 0 aromatic carbocycles. The van der Waals surface area contributed by atoms with Crippen LogP contribution in [0, 0.1) is 11.5 Å². The molecule has 0 spiro atoms. The molecule has 1 aromatic heterocycles. The molecule has 2 nitrogen and oxygen atoms in total. The smallest absolute Gasteiger partial charge is 0.129 e. The number of aromatic nitrogens is 2. The van der Waals surface area contributed by atoms with Crippen molar-refractivity contribution >= 4 is 8.07 Å². The standard InChI is InChI=1S/C11H16N2Si/c1-14(2,3)8-6-10-9-12-13-7-4-5-11(10)13/h9H,4-5,7H2,1-3H3. The number of nitrogens with zero attached hydrogens (tertiary/aromatic N) is 2. The summed E-state index contributed by atoms with van der Waals surface area (Å²) in [5.41, 5.74) is 5.89. The van der Waals surface area contributed by atoms with Crippen molar-refractivity contribution in [1.82, 2.24) is 9.78 Å². The molecule has 0 atom stereocenters. The van der Waals surface area contributed by atoms with Crippen molar-refractivity contribution in [2.45, 2.75) is 39.0 Å². The zero-order valence-electron chi connectivity index (χ0n) is 9.09. The lowest BCUT2D eigenvalue weighted by Gasteiger charge is -2.02. The Morgan fingerprint density at radius 1 is 1.43 bits per heavy atom. The first-order valence-corrected chi connectivity index (χ1v) is 8.64. The van der Waals surface area contributed by atoms with E-state index in [1.54, 1.807) is 0 Å². The minimum atomic E-state index is -1.24. The van der Waals surface area contributed by atoms with Crippen molar-refractivity contribution in [2.24, 2.45) is 0 Å². The lowest BCUT2D eigenvalue weighted by molar-refractivity contribution is 0.656. The van der Waals surface area contributed by atoms with Gasteiger partial charge in [0.2, 0.25) is 0 Å². The van der Waals surface area contributed by atoms with Crippen molar-refractivity contribution in [2.75, 3.05) is 0 Å². The first-order valence-electron chi connectivity index (χ1n) is 5.14. The van der Waals surface area contributed by atoms with E-state index in [0.717, 1.165) is 18.5 Å². The van der Waals surface area contributed by atoms with E-state index >= 15 is 0 Å². The van der Waals surface area contributed by atoms with Gasteiger partial charge in [0.05, 0.1) is 17.5 Å². The van der Waals surface area contributed by atoms with Crippen LogP contribution in [0.2, 0.25) is 19.6 Å². The molecule has 0 N–H and O–H groups in total. The van der Waals surface area contributed by atoms with Crippen LogP contribution < -0.4 is 0 Å². The Bertz CT molecular complexity index is 401. The van der Waals surface area contributed by atoms with Gasteiger partial charge in [0.15, 0.2) is 0 Å². The van der Waals surface area contributed by atoms with Gasteiger partial charge in [-0.3, -0.25) is 4.68 Å². The van der Waals surface area contributed by atoms with Crippen LogP contribution in [0.4, 0.5) is 0 Å². The molecule has 1 aliphatic heterocycles. The molecule has 2 heterocycles. The van der Waals surface area contributed by atoms with Crippen molar-refractivity contribution in [3.8, 4) is 11.5 Å². The molecule has 0 fully saturated rings. The third-order valence-electron chi connectivity index (χ3n) is 2.30. The second-order valence-electron chi connectivity index (χ2n) is 4.83. The van der Waals surface area contributed by atoms with Gasteiger partial charge < -0.3 is 0 Å². The van der Waals surface area contributed by atoms with Crippen molar-refractivity contribution < 1.29 is 0 Å². The Labute approximate surface area is 86.3 Å². The Kier molecular flexibility index (Phi) is 2.24. The second kappa shape index (κ2) is 3.29. The van der Waals surface area contributed by atoms with Crippen molar-refractivity contribution in [3.05, 3.63) is 17.5 Å². The molecule has 74 valence electrons. The quantitative estimate of drug-likeness (QED) is 0.467. The lowest BCUT2D eigenvalue weighted by atomic mass is 10.2. The van der Waals surface area contributed by atoms with E-state index < -0.39 is 8.07 Å². The van der Waals surface area contributed by atoms with E-state index in [0.29, 0.717) is 0 Å². The Hall–Kier alpha value is -1.01. The highest BCUT2D eigenvalue weighted by molar-refractivity contribution is 6.83. The van der Waals surface area contributed by atoms with E-state index in [1.807, 2.05) is 6.20 Å². The van der Waals surface area contributed by atoms with Crippen LogP contribution >= 0.6 is 0 Å². The normalized spacial score (nSPS) is 14.8. The maximum atomic E-state index is 4.33. The Balaban J connectivity index is 2.29. The van der Waals surface area contributed by atoms with Gasteiger partial charge in [0.1, 0.15) is 8.07 Å². The summed E-state index contributed by atoms with van der Waals surface area (Å²) in [6.45, 7) is 7.88. The molecule has 0 saturated carbocycles. The first kappa shape index (κ1) is 9.54. The summed E-state index contributed by atoms with van der Waals surface area (Å²) in [4.78, 5) is 0. The van der Waals surface area contributed by atoms with Gasteiger partial charge in [-0.2, -0.15) is 5.10 Å². The lowest BCUT2D eigenvalue weighted by Crippen LogP contribution is -2.16. The van der Waals surface area contributed by atoms with Crippen LogP contribution in [0.25, 0.3) is 0 Å². The SMILES string of the molecule is C[Si](C)(C)C#Cc1cnn2c1CCC2. The summed E-state index contributed by atoms with van der Waals surface area (Å²) in [6.07, 6.45) is 4.29. The molecular formula is C11H16N2Si. The summed E-state index contributed by atoms with van der Waals surface area (Å²) in [5, 5.41) is 4.33. The van der Waals surface area contributed by atoms with Gasteiger partial charge in [-0.15, -0.1) is 5.54 Å². The number of aryl methyl sites for hydroxylation is 1. The molecular weight excluding hydrogens is 188 g/mol. The molecule has 3 heteroatoms. The van der Waals surface area contributed by atoms with E-state index in [1.165, 1.54) is 12.1 Å². The summed E-state index contributed by atoms with van der Waals surface area (Å²) in [7, 11) is -1.24. The van der Waals surface area contributed by atoms with Gasteiger partial charge in [0.25, 0.3) is 0 Å². The number of fused-ring (bicyclic) bond motifs is 1. The summed E-state index contributed by atoms with van der Waals surface area (Å²) < 4.78 is 2.09. The highest BCUT2D eigenvalue weighted by atomic mass is 28.3. The van der Waals surface area contributed by atoms with Gasteiger partial charge in [-0.05, 0) is 12.8 Å². The molecule has 0 bridgehead atoms. The largest absolute Gasteiger partial charge is 0.268 e. The molecule has 0 radical (unpaired) electrons. The highest BCUT2D eigenvalue weighted by Gasteiger charge is 2.15. The molecule has 0 amide bonds. The summed E-state index contributed by atoms with van der Waals surface area (Å²) in [6, 6.07) is 0. The average Bonchev–Trinajstić information content (AvgIpc) is 2.59. The van der Waals surface area contributed by atoms with Crippen molar-refractivity contribution in [1.29, 1.82) is 0 Å². The fourth-order valence-corrected chi connectivity index (χ4v) is 2.13. The second-order valence-corrected chi connectivity index (χ2v) is 9.58. The minimum Gasteiger partial charge on any atom is -0.268 e. The van der Waals surface area contributed by atoms with Crippen LogP contribution in [0.15, 0.2) is 6.20 Å². The summed E-state index contributed by atoms with van der Waals surface area (Å²) in [5.74, 6) is 3.29. The van der Waals surface area contributed by atoms with E-state index in [-0.39, 0.29) is 0 Å². The van der Waals surface area contributed by atoms with Crippen LogP contribution in [0.1, 0.15) is 17.7 Å². The first-order chi connectivity index (χ1) is 6.56. The van der Waals surface area contributed by atoms with Gasteiger partial charge >= 0.3 is 0 Å². The van der Waals surface area contributed by atoms with Crippen LogP contribution in [0.5, 0.6) is 0 Å². The van der Waals surface area contributed by atoms with Crippen molar-refractivity contribution in [3.63, 3.8) is 0 Å². The van der Waals surface area contributed by atoms with Crippen LogP contribution in [0.3, 0.4) is 0 Å². The van der Waals surface area contributed by atoms with E-state index in [9.17, 15) is 0 Å². The zero-order valence-corrected chi connectivity index (χ0v) is 10.1. The number of hydrogen-bond donors (Lipinski definition) is 0. The predicted molar refractivity (Wildman–Crippen MR) is 60.8 cm³/mol. The Morgan fingerprint density at radius 2 is 2.21 bits per heavy atom. The predicted octanol–water partition coefficient (Wildman–Crippen LogP) is 2.06. The van der Waals surface area contributed by atoms with Gasteiger partial charge in [0, 0.05) is 6.54 Å². The molecule has 0 unspecified atom stereocenters. The fraction of sp³-hybridized carbons (Fsp3) is 0.545. The molecule has 0 aliphatic carbocycles. The third kappa shape index (κ3) is 1.90. The molecule has 1 aromatic rings. The fourth-order valence-electron chi connectivity index (χ4n) is 1.62. The van der Waals surface area contributed by atoms with Crippen LogP contribution in [-0.2, 0) is 13.0 Å². The molecule has 14 heavy (non-hydrogen) atoms. The van der Waals surface area contributed by atoms with Gasteiger partial charge in [-0.1, -0.05) is 25.6 Å². The number of hydrogen-bond acceptors (Lipinski definition) is 1. The zero-order chi connectivity index (χ0) is 10.2. The van der Waals surface area contributed by atoms with E-state index in [4.69, 9.17) is 0 Å². The maximum absolute atomic E-state index is 4.33. The van der Waals surface area contributed by atoms with Gasteiger partial charge in [-0.25, -0.2) is 0 Å². The molecule has 1 aliphatic rings. The Morgan fingerprint density at radius 3 is 2.93 bits per heavy atom. The summed E-state index contributed by atoms with van der Waals surface area (Å²) >= 11 is 0. The van der Waals surface area contributed by atoms with E-state index in [2.05, 4.69) is 40.9 Å². The van der Waals surface area contributed by atoms with Crippen LogP contribution in [-0.4, -0.2) is 17.9 Å². The topological polar surface area (TPSA) is 17.8 Å². The minimum absolute atomic E-state index is 1.07. The number of rotatable bonds is 0. The monoisotopic (exact) mass is 204 g/mol. The molecule has 2 rings (SSSR count). The maximum Gasteiger partial charge on any atom is 0.129 e. The third-order valence-corrected chi connectivity index (χ3v) is 3.18. The highest BCUT2D eigenvalue weighted by Crippen LogP contribution is 2.17. The average molecular weight is 204 g/mol.